The van der Waals surface area contributed by atoms with Gasteiger partial charge in [0.2, 0.25) is 0 Å². The molecule has 1 heteroatoms. The Morgan fingerprint density at radius 1 is 0.944 bits per heavy atom. The highest BCUT2D eigenvalue weighted by molar-refractivity contribution is 7.17. The third-order valence-electron chi connectivity index (χ3n) is 3.59. The van der Waals surface area contributed by atoms with Crippen molar-refractivity contribution in [1.82, 2.24) is 0 Å². The molecule has 1 aliphatic rings. The Balaban J connectivity index is 1.81. The SMILES string of the molecule is C1=C(c2ccc3sccc3c2)Cc2ccccc21. The van der Waals surface area contributed by atoms with Crippen molar-refractivity contribution in [1.29, 1.82) is 0 Å². The summed E-state index contributed by atoms with van der Waals surface area (Å²) in [6.45, 7) is 0. The zero-order valence-electron chi connectivity index (χ0n) is 9.89. The van der Waals surface area contributed by atoms with Crippen LogP contribution in [0.3, 0.4) is 0 Å². The summed E-state index contributed by atoms with van der Waals surface area (Å²) in [6.07, 6.45) is 3.38. The zero-order valence-corrected chi connectivity index (χ0v) is 10.7. The van der Waals surface area contributed by atoms with E-state index in [2.05, 4.69) is 60.0 Å². The second-order valence-electron chi connectivity index (χ2n) is 4.72. The fraction of sp³-hybridized carbons (Fsp3) is 0.0588. The lowest BCUT2D eigenvalue weighted by Gasteiger charge is -2.02. The number of fused-ring (bicyclic) bond motifs is 2. The molecule has 0 unspecified atom stereocenters. The van der Waals surface area contributed by atoms with Gasteiger partial charge in [-0.15, -0.1) is 11.3 Å². The van der Waals surface area contributed by atoms with Crippen molar-refractivity contribution in [3.05, 3.63) is 70.6 Å². The molecule has 0 bridgehead atoms. The molecule has 0 fully saturated rings. The third-order valence-corrected chi connectivity index (χ3v) is 4.49. The largest absolute Gasteiger partial charge is 0.144 e. The van der Waals surface area contributed by atoms with Gasteiger partial charge in [-0.3, -0.25) is 0 Å². The van der Waals surface area contributed by atoms with Gasteiger partial charge in [0.05, 0.1) is 0 Å². The lowest BCUT2D eigenvalue weighted by atomic mass is 10.0. The lowest BCUT2D eigenvalue weighted by molar-refractivity contribution is 1.32. The van der Waals surface area contributed by atoms with Crippen LogP contribution in [0.1, 0.15) is 16.7 Å². The van der Waals surface area contributed by atoms with E-state index in [1.165, 1.54) is 32.3 Å². The minimum atomic E-state index is 1.06. The Kier molecular flexibility index (Phi) is 2.14. The van der Waals surface area contributed by atoms with Crippen LogP contribution in [0, 0.1) is 0 Å². The fourth-order valence-electron chi connectivity index (χ4n) is 2.63. The first kappa shape index (κ1) is 10.1. The summed E-state index contributed by atoms with van der Waals surface area (Å²) in [6, 6.07) is 17.6. The second-order valence-corrected chi connectivity index (χ2v) is 5.67. The highest BCUT2D eigenvalue weighted by Gasteiger charge is 2.13. The summed E-state index contributed by atoms with van der Waals surface area (Å²) < 4.78 is 1.37. The van der Waals surface area contributed by atoms with Crippen molar-refractivity contribution < 1.29 is 0 Å². The van der Waals surface area contributed by atoms with Gasteiger partial charge in [0.1, 0.15) is 0 Å². The van der Waals surface area contributed by atoms with Crippen molar-refractivity contribution in [2.45, 2.75) is 6.42 Å². The van der Waals surface area contributed by atoms with Gasteiger partial charge in [-0.05, 0) is 57.6 Å². The van der Waals surface area contributed by atoms with E-state index in [1.807, 2.05) is 0 Å². The predicted molar refractivity (Wildman–Crippen MR) is 79.8 cm³/mol. The maximum Gasteiger partial charge on any atom is 0.0343 e. The molecule has 1 aromatic heterocycles. The summed E-state index contributed by atoms with van der Waals surface area (Å²) in [5, 5.41) is 3.51. The van der Waals surface area contributed by atoms with Gasteiger partial charge in [-0.1, -0.05) is 36.4 Å². The molecule has 0 spiro atoms. The van der Waals surface area contributed by atoms with Crippen LogP contribution in [0.15, 0.2) is 53.9 Å². The standard InChI is InChI=1S/C17H12S/c1-2-4-13-11-16(10-12(13)3-1)14-5-6-17-15(9-14)7-8-18-17/h1-10H,11H2. The van der Waals surface area contributed by atoms with Gasteiger partial charge in [0.25, 0.3) is 0 Å². The average Bonchev–Trinajstić information content (AvgIpc) is 3.04. The number of rotatable bonds is 1. The van der Waals surface area contributed by atoms with Gasteiger partial charge in [0, 0.05) is 4.70 Å². The van der Waals surface area contributed by atoms with E-state index in [4.69, 9.17) is 0 Å². The maximum atomic E-state index is 2.32. The number of benzene rings is 2. The van der Waals surface area contributed by atoms with Crippen LogP contribution in [0.4, 0.5) is 0 Å². The van der Waals surface area contributed by atoms with Crippen LogP contribution in [0.5, 0.6) is 0 Å². The van der Waals surface area contributed by atoms with E-state index < -0.39 is 0 Å². The molecule has 3 aromatic rings. The van der Waals surface area contributed by atoms with Gasteiger partial charge >= 0.3 is 0 Å². The van der Waals surface area contributed by atoms with Crippen LogP contribution in [0.25, 0.3) is 21.7 Å². The van der Waals surface area contributed by atoms with E-state index in [0.717, 1.165) is 6.42 Å². The quantitative estimate of drug-likeness (QED) is 0.568. The van der Waals surface area contributed by atoms with Crippen molar-refractivity contribution >= 4 is 33.1 Å². The molecule has 0 N–H and O–H groups in total. The van der Waals surface area contributed by atoms with Crippen LogP contribution >= 0.6 is 11.3 Å². The van der Waals surface area contributed by atoms with Crippen LogP contribution in [0.2, 0.25) is 0 Å². The minimum absolute atomic E-state index is 1.06. The Morgan fingerprint density at radius 3 is 2.83 bits per heavy atom. The lowest BCUT2D eigenvalue weighted by Crippen LogP contribution is -1.84. The van der Waals surface area contributed by atoms with Gasteiger partial charge in [-0.2, -0.15) is 0 Å². The van der Waals surface area contributed by atoms with Crippen molar-refractivity contribution in [2.24, 2.45) is 0 Å². The summed E-state index contributed by atoms with van der Waals surface area (Å²) >= 11 is 1.81. The number of hydrogen-bond acceptors (Lipinski definition) is 1. The van der Waals surface area contributed by atoms with E-state index in [-0.39, 0.29) is 0 Å². The minimum Gasteiger partial charge on any atom is -0.144 e. The molecule has 1 heterocycles. The predicted octanol–water partition coefficient (Wildman–Crippen LogP) is 5.00. The highest BCUT2D eigenvalue weighted by Crippen LogP contribution is 2.33. The molecule has 86 valence electrons. The molecule has 0 aliphatic heterocycles. The van der Waals surface area contributed by atoms with Crippen LogP contribution in [-0.2, 0) is 6.42 Å². The molecule has 0 nitrogen and oxygen atoms in total. The maximum absolute atomic E-state index is 2.32. The third kappa shape index (κ3) is 1.52. The molecular formula is C17H12S. The second kappa shape index (κ2) is 3.82. The van der Waals surface area contributed by atoms with Gasteiger partial charge < -0.3 is 0 Å². The molecule has 2 aromatic carbocycles. The van der Waals surface area contributed by atoms with Crippen LogP contribution < -0.4 is 0 Å². The van der Waals surface area contributed by atoms with E-state index in [0.29, 0.717) is 0 Å². The molecule has 0 saturated carbocycles. The van der Waals surface area contributed by atoms with Crippen molar-refractivity contribution in [3.63, 3.8) is 0 Å². The Labute approximate surface area is 110 Å². The van der Waals surface area contributed by atoms with E-state index >= 15 is 0 Å². The normalized spacial score (nSPS) is 13.7. The fourth-order valence-corrected chi connectivity index (χ4v) is 3.40. The molecular weight excluding hydrogens is 236 g/mol. The molecule has 0 atom stereocenters. The van der Waals surface area contributed by atoms with Crippen molar-refractivity contribution in [3.8, 4) is 0 Å². The summed E-state index contributed by atoms with van der Waals surface area (Å²) in [7, 11) is 0. The molecule has 0 radical (unpaired) electrons. The Hall–Kier alpha value is -1.86. The van der Waals surface area contributed by atoms with Gasteiger partial charge in [0.15, 0.2) is 0 Å². The molecule has 4 rings (SSSR count). The first-order chi connectivity index (χ1) is 8.90. The molecule has 0 amide bonds. The van der Waals surface area contributed by atoms with Gasteiger partial charge in [-0.25, -0.2) is 0 Å². The van der Waals surface area contributed by atoms with Crippen molar-refractivity contribution in [2.75, 3.05) is 0 Å². The molecule has 0 saturated heterocycles. The molecule has 1 aliphatic carbocycles. The smallest absolute Gasteiger partial charge is 0.0343 e. The van der Waals surface area contributed by atoms with E-state index in [9.17, 15) is 0 Å². The Bertz CT molecular complexity index is 762. The van der Waals surface area contributed by atoms with E-state index in [1.54, 1.807) is 11.3 Å². The summed E-state index contributed by atoms with van der Waals surface area (Å²) in [4.78, 5) is 0. The Morgan fingerprint density at radius 2 is 1.89 bits per heavy atom. The number of hydrogen-bond donors (Lipinski definition) is 0. The number of thiophene rings is 1. The summed E-state index contributed by atoms with van der Waals surface area (Å²) in [5.41, 5.74) is 5.61. The molecule has 18 heavy (non-hydrogen) atoms. The average molecular weight is 248 g/mol. The number of allylic oxidation sites excluding steroid dienone is 1. The highest BCUT2D eigenvalue weighted by atomic mass is 32.1. The first-order valence-electron chi connectivity index (χ1n) is 6.16. The topological polar surface area (TPSA) is 0 Å². The monoisotopic (exact) mass is 248 g/mol. The summed E-state index contributed by atoms with van der Waals surface area (Å²) in [5.74, 6) is 0. The zero-order chi connectivity index (χ0) is 11.9. The van der Waals surface area contributed by atoms with Crippen LogP contribution in [-0.4, -0.2) is 0 Å². The first-order valence-corrected chi connectivity index (χ1v) is 7.04.